The van der Waals surface area contributed by atoms with E-state index in [-0.39, 0.29) is 24.0 Å². The molecule has 0 aliphatic carbocycles. The lowest BCUT2D eigenvalue weighted by Crippen LogP contribution is -3.00. The van der Waals surface area contributed by atoms with E-state index in [1.165, 1.54) is 41.9 Å². The Morgan fingerprint density at radius 1 is 1.04 bits per heavy atom. The summed E-state index contributed by atoms with van der Waals surface area (Å²) in [5, 5.41) is 0. The first-order valence-electron chi connectivity index (χ1n) is 8.26. The highest BCUT2D eigenvalue weighted by molar-refractivity contribution is 9.10. The summed E-state index contributed by atoms with van der Waals surface area (Å²) in [6.07, 6.45) is 5.43. The van der Waals surface area contributed by atoms with Gasteiger partial charge in [0.25, 0.3) is 0 Å². The molecular formula is C20H22BrIN2. The van der Waals surface area contributed by atoms with Gasteiger partial charge in [-0.1, -0.05) is 33.6 Å². The number of aryl methyl sites for hydroxylation is 1. The molecule has 2 aromatic carbocycles. The van der Waals surface area contributed by atoms with Crippen molar-refractivity contribution in [2.45, 2.75) is 25.9 Å². The maximum absolute atomic E-state index is 3.54. The highest BCUT2D eigenvalue weighted by atomic mass is 127. The van der Waals surface area contributed by atoms with Crippen molar-refractivity contribution in [3.63, 3.8) is 0 Å². The SMILES string of the molecule is Cc1ccc(C2=CN(c3ccc(Br)cc3)C3CCC[N+]23C)cc1.[I-]. The summed E-state index contributed by atoms with van der Waals surface area (Å²) in [7, 11) is 2.39. The van der Waals surface area contributed by atoms with E-state index in [2.05, 4.69) is 89.5 Å². The second-order valence-corrected chi connectivity index (χ2v) is 7.79. The molecule has 4 heteroatoms. The number of hydrogen-bond donors (Lipinski definition) is 0. The van der Waals surface area contributed by atoms with E-state index in [0.29, 0.717) is 6.17 Å². The Morgan fingerprint density at radius 2 is 1.71 bits per heavy atom. The molecule has 2 aliphatic heterocycles. The summed E-state index contributed by atoms with van der Waals surface area (Å²) in [5.74, 6) is 0. The van der Waals surface area contributed by atoms with Crippen LogP contribution in [0.25, 0.3) is 5.70 Å². The first kappa shape index (κ1) is 18.0. The Morgan fingerprint density at radius 3 is 2.38 bits per heavy atom. The highest BCUT2D eigenvalue weighted by Gasteiger charge is 2.50. The Hall–Kier alpha value is -0.850. The molecule has 4 rings (SSSR count). The lowest BCUT2D eigenvalue weighted by Gasteiger charge is -2.34. The highest BCUT2D eigenvalue weighted by Crippen LogP contribution is 2.44. The molecule has 0 bridgehead atoms. The topological polar surface area (TPSA) is 3.24 Å². The van der Waals surface area contributed by atoms with Crippen molar-refractivity contribution in [3.05, 3.63) is 70.3 Å². The number of halogens is 2. The van der Waals surface area contributed by atoms with Crippen molar-refractivity contribution in [2.24, 2.45) is 0 Å². The standard InChI is InChI=1S/C20H22BrN2.HI/c1-15-5-7-16(8-6-15)19-14-22(18-11-9-17(21)10-12-18)20-4-3-13-23(19,20)2;/h5-12,14,20H,3-4,13H2,1-2H3;1H/q+1;/p-1. The molecule has 2 aromatic rings. The van der Waals surface area contributed by atoms with Crippen molar-refractivity contribution in [2.75, 3.05) is 18.5 Å². The van der Waals surface area contributed by atoms with Crippen LogP contribution in [0.5, 0.6) is 0 Å². The molecule has 0 aromatic heterocycles. The van der Waals surface area contributed by atoms with Crippen LogP contribution in [-0.4, -0.2) is 24.2 Å². The minimum Gasteiger partial charge on any atom is -1.00 e. The largest absolute Gasteiger partial charge is 1.00 e. The van der Waals surface area contributed by atoms with E-state index in [1.807, 2.05) is 0 Å². The molecule has 0 radical (unpaired) electrons. The molecule has 1 saturated heterocycles. The molecule has 0 saturated carbocycles. The van der Waals surface area contributed by atoms with E-state index in [4.69, 9.17) is 0 Å². The third-order valence-corrected chi connectivity index (χ3v) is 5.88. The number of anilines is 1. The van der Waals surface area contributed by atoms with Crippen LogP contribution in [0.2, 0.25) is 0 Å². The van der Waals surface area contributed by atoms with Gasteiger partial charge in [0.1, 0.15) is 0 Å². The number of hydrogen-bond acceptors (Lipinski definition) is 1. The van der Waals surface area contributed by atoms with Crippen LogP contribution >= 0.6 is 15.9 Å². The first-order chi connectivity index (χ1) is 11.1. The molecule has 0 N–H and O–H groups in total. The van der Waals surface area contributed by atoms with Gasteiger partial charge in [-0.2, -0.15) is 0 Å². The second kappa shape index (κ2) is 6.81. The molecule has 2 atom stereocenters. The van der Waals surface area contributed by atoms with Gasteiger partial charge in [-0.25, -0.2) is 0 Å². The Bertz CT molecular complexity index is 754. The number of benzene rings is 2. The van der Waals surface area contributed by atoms with Crippen molar-refractivity contribution in [1.29, 1.82) is 0 Å². The quantitative estimate of drug-likeness (QED) is 0.455. The fourth-order valence-electron chi connectivity index (χ4n) is 4.03. The average Bonchev–Trinajstić information content (AvgIpc) is 3.05. The van der Waals surface area contributed by atoms with E-state index in [0.717, 1.165) is 8.96 Å². The predicted octanol–water partition coefficient (Wildman–Crippen LogP) is 2.15. The Kier molecular flexibility index (Phi) is 5.09. The van der Waals surface area contributed by atoms with Crippen LogP contribution in [0.1, 0.15) is 24.0 Å². The summed E-state index contributed by atoms with van der Waals surface area (Å²) < 4.78 is 2.16. The molecule has 24 heavy (non-hydrogen) atoms. The minimum absolute atomic E-state index is 0. The fourth-order valence-corrected chi connectivity index (χ4v) is 4.30. The lowest BCUT2D eigenvalue weighted by molar-refractivity contribution is -0.845. The first-order valence-corrected chi connectivity index (χ1v) is 9.06. The average molecular weight is 497 g/mol. The van der Waals surface area contributed by atoms with E-state index < -0.39 is 0 Å². The molecule has 2 nitrogen and oxygen atoms in total. The maximum Gasteiger partial charge on any atom is 0.173 e. The van der Waals surface area contributed by atoms with E-state index >= 15 is 0 Å². The van der Waals surface area contributed by atoms with Gasteiger partial charge in [0, 0.05) is 28.6 Å². The monoisotopic (exact) mass is 496 g/mol. The third-order valence-electron chi connectivity index (χ3n) is 5.35. The van der Waals surface area contributed by atoms with Gasteiger partial charge < -0.3 is 24.0 Å². The summed E-state index contributed by atoms with van der Waals surface area (Å²) in [4.78, 5) is 2.48. The van der Waals surface area contributed by atoms with Gasteiger partial charge in [-0.15, -0.1) is 0 Å². The van der Waals surface area contributed by atoms with Crippen LogP contribution in [0.15, 0.2) is 59.2 Å². The van der Waals surface area contributed by atoms with Crippen LogP contribution in [0, 0.1) is 6.92 Å². The van der Waals surface area contributed by atoms with Gasteiger partial charge in [-0.3, -0.25) is 9.38 Å². The van der Waals surface area contributed by atoms with Gasteiger partial charge in [0.2, 0.25) is 0 Å². The molecule has 2 heterocycles. The zero-order chi connectivity index (χ0) is 16.0. The number of quaternary nitrogens is 1. The van der Waals surface area contributed by atoms with E-state index in [9.17, 15) is 0 Å². The fraction of sp³-hybridized carbons (Fsp3) is 0.300. The zero-order valence-electron chi connectivity index (χ0n) is 14.0. The smallest absolute Gasteiger partial charge is 0.173 e. The summed E-state index contributed by atoms with van der Waals surface area (Å²) >= 11 is 3.54. The number of fused-ring (bicyclic) bond motifs is 1. The Balaban J connectivity index is 0.00000169. The number of rotatable bonds is 2. The van der Waals surface area contributed by atoms with Crippen molar-refractivity contribution in [1.82, 2.24) is 0 Å². The minimum atomic E-state index is 0. The van der Waals surface area contributed by atoms with Gasteiger partial charge in [0.05, 0.1) is 19.8 Å². The van der Waals surface area contributed by atoms with Crippen LogP contribution in [-0.2, 0) is 0 Å². The Labute approximate surface area is 169 Å². The summed E-state index contributed by atoms with van der Waals surface area (Å²) in [6, 6.07) is 17.7. The van der Waals surface area contributed by atoms with Crippen molar-refractivity contribution >= 4 is 27.3 Å². The van der Waals surface area contributed by atoms with E-state index in [1.54, 1.807) is 0 Å². The molecule has 0 spiro atoms. The molecule has 0 amide bonds. The van der Waals surface area contributed by atoms with Gasteiger partial charge in [0.15, 0.2) is 11.9 Å². The molecule has 126 valence electrons. The molecule has 2 aliphatic rings. The predicted molar refractivity (Wildman–Crippen MR) is 99.9 cm³/mol. The van der Waals surface area contributed by atoms with Gasteiger partial charge >= 0.3 is 0 Å². The molecular weight excluding hydrogens is 475 g/mol. The third kappa shape index (κ3) is 2.93. The molecule has 2 unspecified atom stereocenters. The summed E-state index contributed by atoms with van der Waals surface area (Å²) in [5.41, 5.74) is 5.39. The van der Waals surface area contributed by atoms with Crippen LogP contribution < -0.4 is 28.9 Å². The maximum atomic E-state index is 3.54. The van der Waals surface area contributed by atoms with Gasteiger partial charge in [-0.05, 0) is 43.3 Å². The lowest BCUT2D eigenvalue weighted by atomic mass is 10.1. The normalized spacial score (nSPS) is 25.2. The second-order valence-electron chi connectivity index (χ2n) is 6.88. The van der Waals surface area contributed by atoms with Crippen molar-refractivity contribution < 1.29 is 28.5 Å². The van der Waals surface area contributed by atoms with Crippen molar-refractivity contribution in [3.8, 4) is 0 Å². The zero-order valence-corrected chi connectivity index (χ0v) is 17.8. The van der Waals surface area contributed by atoms with Crippen LogP contribution in [0.3, 0.4) is 0 Å². The number of nitrogens with zero attached hydrogens (tertiary/aromatic N) is 2. The summed E-state index contributed by atoms with van der Waals surface area (Å²) in [6.45, 7) is 3.37. The van der Waals surface area contributed by atoms with Crippen LogP contribution in [0.4, 0.5) is 5.69 Å². The molecule has 1 fully saturated rings.